The molecule has 13 aromatic carbocycles. The Bertz CT molecular complexity index is 3910. The third kappa shape index (κ3) is 8.90. The first-order chi connectivity index (χ1) is 39.1. The molecule has 0 bridgehead atoms. The van der Waals surface area contributed by atoms with Gasteiger partial charge in [-0.2, -0.15) is 0 Å². The summed E-state index contributed by atoms with van der Waals surface area (Å²) in [6, 6.07) is 122. The van der Waals surface area contributed by atoms with Crippen LogP contribution in [0.5, 0.6) is 0 Å². The minimum atomic E-state index is -0.811. The molecule has 13 aromatic rings. The van der Waals surface area contributed by atoms with Gasteiger partial charge in [0, 0.05) is 0 Å². The molecular weight excluding hydrogens is 949 g/mol. The van der Waals surface area contributed by atoms with Crippen molar-refractivity contribution in [2.45, 2.75) is 5.41 Å². The van der Waals surface area contributed by atoms with Gasteiger partial charge in [0.2, 0.25) is 0 Å². The highest BCUT2D eigenvalue weighted by molar-refractivity contribution is 5.92. The molecule has 0 fully saturated rings. The fourth-order valence-corrected chi connectivity index (χ4v) is 12.3. The molecule has 1 aliphatic rings. The van der Waals surface area contributed by atoms with Crippen molar-refractivity contribution in [3.8, 4) is 111 Å². The molecule has 0 unspecified atom stereocenters. The van der Waals surface area contributed by atoms with Crippen molar-refractivity contribution in [2.75, 3.05) is 0 Å². The van der Waals surface area contributed by atoms with E-state index in [-0.39, 0.29) is 0 Å². The first-order valence-corrected chi connectivity index (χ1v) is 27.4. The fourth-order valence-electron chi connectivity index (χ4n) is 12.3. The van der Waals surface area contributed by atoms with Crippen LogP contribution in [-0.2, 0) is 5.41 Å². The molecule has 0 spiro atoms. The van der Waals surface area contributed by atoms with Gasteiger partial charge in [-0.25, -0.2) is 0 Å². The minimum Gasteiger partial charge on any atom is -0.0622 e. The fraction of sp³-hybridized carbons (Fsp3) is 0.0127. The topological polar surface area (TPSA) is 0 Å². The van der Waals surface area contributed by atoms with E-state index in [0.29, 0.717) is 0 Å². The summed E-state index contributed by atoms with van der Waals surface area (Å²) in [4.78, 5) is 0. The molecule has 0 heteroatoms. The van der Waals surface area contributed by atoms with Crippen LogP contribution < -0.4 is 0 Å². The Morgan fingerprint density at radius 3 is 0.709 bits per heavy atom. The van der Waals surface area contributed by atoms with E-state index < -0.39 is 5.41 Å². The molecular formula is C79H54. The first kappa shape index (κ1) is 47.3. The predicted octanol–water partition coefficient (Wildman–Crippen LogP) is 21.1. The normalized spacial score (nSPS) is 12.2. The summed E-state index contributed by atoms with van der Waals surface area (Å²) in [5.74, 6) is 0. The largest absolute Gasteiger partial charge is 0.0714 e. The highest BCUT2D eigenvalue weighted by Gasteiger charge is 2.47. The smallest absolute Gasteiger partial charge is 0.0622 e. The molecule has 0 N–H and O–H groups in total. The van der Waals surface area contributed by atoms with Gasteiger partial charge in [0.25, 0.3) is 0 Å². The highest BCUT2D eigenvalue weighted by atomic mass is 14.5. The van der Waals surface area contributed by atoms with Gasteiger partial charge in [-0.05, 0) is 200 Å². The van der Waals surface area contributed by atoms with Crippen molar-refractivity contribution in [1.29, 1.82) is 0 Å². The molecule has 0 amide bonds. The van der Waals surface area contributed by atoms with E-state index in [1.165, 1.54) is 89.0 Å². The molecule has 79 heavy (non-hydrogen) atoms. The second kappa shape index (κ2) is 20.4. The summed E-state index contributed by atoms with van der Waals surface area (Å²) in [7, 11) is 0. The molecule has 0 atom stereocenters. The van der Waals surface area contributed by atoms with E-state index in [0.717, 1.165) is 44.5 Å². The summed E-state index contributed by atoms with van der Waals surface area (Å²) in [5, 5.41) is 0. The molecule has 0 radical (unpaired) electrons. The van der Waals surface area contributed by atoms with Crippen molar-refractivity contribution < 1.29 is 0 Å². The lowest BCUT2D eigenvalue weighted by atomic mass is 9.65. The molecule has 0 aromatic heterocycles. The highest BCUT2D eigenvalue weighted by Crippen LogP contribution is 2.58. The Morgan fingerprint density at radius 2 is 0.380 bits per heavy atom. The first-order valence-electron chi connectivity index (χ1n) is 27.4. The van der Waals surface area contributed by atoms with Crippen LogP contribution in [0.3, 0.4) is 0 Å². The lowest BCUT2D eigenvalue weighted by Crippen LogP contribution is -2.29. The van der Waals surface area contributed by atoms with Gasteiger partial charge >= 0.3 is 0 Å². The summed E-state index contributed by atoms with van der Waals surface area (Å²) >= 11 is 0. The second-order valence-corrected chi connectivity index (χ2v) is 20.8. The monoisotopic (exact) mass is 1000 g/mol. The quantitative estimate of drug-likeness (QED) is 0.121. The lowest BCUT2D eigenvalue weighted by Gasteiger charge is -2.36. The Kier molecular flexibility index (Phi) is 12.2. The average molecular weight is 1000 g/mol. The van der Waals surface area contributed by atoms with Gasteiger partial charge < -0.3 is 0 Å². The molecule has 1 aliphatic carbocycles. The van der Waals surface area contributed by atoms with Gasteiger partial charge in [-0.1, -0.05) is 261 Å². The van der Waals surface area contributed by atoms with E-state index in [2.05, 4.69) is 328 Å². The summed E-state index contributed by atoms with van der Waals surface area (Å²) in [5.41, 5.74) is 27.7. The standard InChI is InChI=1S/C79H54/c1-6-22-55(23-7-1)60-32-18-36-64(44-60)69-48-70(65-37-19-33-61(45-65)56-24-8-2-9-25-56)51-73(50-69)79(77-41-17-16-40-75(77)76-43-42-68(54-78(76)79)59-30-14-5-15-31-59)74-52-71(66-38-20-34-62(46-66)57-26-10-3-11-27-57)49-72(53-74)67-39-21-35-63(47-67)58-28-12-4-13-29-58/h1-54H. The van der Waals surface area contributed by atoms with Crippen LogP contribution in [0, 0.1) is 0 Å². The lowest BCUT2D eigenvalue weighted by molar-refractivity contribution is 0.770. The third-order valence-corrected chi connectivity index (χ3v) is 16.1. The van der Waals surface area contributed by atoms with E-state index in [9.17, 15) is 0 Å². The second-order valence-electron chi connectivity index (χ2n) is 20.8. The third-order valence-electron chi connectivity index (χ3n) is 16.1. The minimum absolute atomic E-state index is 0.811. The van der Waals surface area contributed by atoms with Gasteiger partial charge in [0.1, 0.15) is 0 Å². The Morgan fingerprint density at radius 1 is 0.139 bits per heavy atom. The van der Waals surface area contributed by atoms with Crippen molar-refractivity contribution in [3.05, 3.63) is 350 Å². The van der Waals surface area contributed by atoms with Gasteiger partial charge in [-0.15, -0.1) is 0 Å². The van der Waals surface area contributed by atoms with Gasteiger partial charge in [0.15, 0.2) is 0 Å². The number of hydrogen-bond acceptors (Lipinski definition) is 0. The summed E-state index contributed by atoms with van der Waals surface area (Å²) in [6.45, 7) is 0. The molecule has 0 saturated carbocycles. The average Bonchev–Trinajstić information content (AvgIpc) is 4.11. The maximum Gasteiger partial charge on any atom is 0.0714 e. The summed E-state index contributed by atoms with van der Waals surface area (Å²) in [6.07, 6.45) is 0. The number of hydrogen-bond donors (Lipinski definition) is 0. The van der Waals surface area contributed by atoms with E-state index in [1.807, 2.05) is 0 Å². The van der Waals surface area contributed by atoms with Crippen molar-refractivity contribution in [3.63, 3.8) is 0 Å². The van der Waals surface area contributed by atoms with Crippen molar-refractivity contribution in [2.24, 2.45) is 0 Å². The molecule has 370 valence electrons. The molecule has 0 aliphatic heterocycles. The number of fused-ring (bicyclic) bond motifs is 3. The van der Waals surface area contributed by atoms with Crippen LogP contribution >= 0.6 is 0 Å². The van der Waals surface area contributed by atoms with Gasteiger partial charge in [0.05, 0.1) is 5.41 Å². The van der Waals surface area contributed by atoms with Gasteiger partial charge in [-0.3, -0.25) is 0 Å². The zero-order chi connectivity index (χ0) is 52.5. The Balaban J connectivity index is 1.10. The van der Waals surface area contributed by atoms with Crippen LogP contribution in [0.1, 0.15) is 22.3 Å². The van der Waals surface area contributed by atoms with Crippen LogP contribution in [-0.4, -0.2) is 0 Å². The SMILES string of the molecule is c1ccc(-c2cccc(-c3cc(-c4cccc(-c5ccccc5)c4)cc(C4(c5cc(-c6cccc(-c7ccccc7)c6)cc(-c6cccc(-c7ccccc7)c6)c5)c5ccccc5-c5ccc(-c6ccccc6)cc54)c3)c2)cc1. The molecule has 0 nitrogen and oxygen atoms in total. The van der Waals surface area contributed by atoms with Crippen LogP contribution in [0.15, 0.2) is 328 Å². The van der Waals surface area contributed by atoms with Crippen molar-refractivity contribution >= 4 is 0 Å². The van der Waals surface area contributed by atoms with Crippen molar-refractivity contribution in [1.82, 2.24) is 0 Å². The predicted molar refractivity (Wildman–Crippen MR) is 333 cm³/mol. The molecule has 14 rings (SSSR count). The maximum absolute atomic E-state index is 2.51. The zero-order valence-electron chi connectivity index (χ0n) is 43.7. The number of rotatable bonds is 11. The Labute approximate surface area is 463 Å². The number of benzene rings is 13. The van der Waals surface area contributed by atoms with Crippen LogP contribution in [0.25, 0.3) is 111 Å². The zero-order valence-corrected chi connectivity index (χ0v) is 43.7. The van der Waals surface area contributed by atoms with Crippen LogP contribution in [0.4, 0.5) is 0 Å². The molecule has 0 heterocycles. The Hall–Kier alpha value is -10.1. The maximum atomic E-state index is 2.51. The van der Waals surface area contributed by atoms with E-state index in [1.54, 1.807) is 0 Å². The van der Waals surface area contributed by atoms with E-state index >= 15 is 0 Å². The summed E-state index contributed by atoms with van der Waals surface area (Å²) < 4.78 is 0. The van der Waals surface area contributed by atoms with Crippen LogP contribution in [0.2, 0.25) is 0 Å². The van der Waals surface area contributed by atoms with E-state index in [4.69, 9.17) is 0 Å². The molecule has 0 saturated heterocycles.